The van der Waals surface area contributed by atoms with Crippen LogP contribution in [0.2, 0.25) is 0 Å². The molecule has 0 aliphatic carbocycles. The van der Waals surface area contributed by atoms with Gasteiger partial charge in [0.25, 0.3) is 11.6 Å². The van der Waals surface area contributed by atoms with E-state index in [2.05, 4.69) is 20.2 Å². The third-order valence-corrected chi connectivity index (χ3v) is 4.38. The molecule has 130 valence electrons. The number of nitrogens with zero attached hydrogens (tertiary/aromatic N) is 4. The van der Waals surface area contributed by atoms with Gasteiger partial charge in [0.15, 0.2) is 0 Å². The summed E-state index contributed by atoms with van der Waals surface area (Å²) in [5.74, 6) is 0.813. The predicted molar refractivity (Wildman–Crippen MR) is 92.4 cm³/mol. The van der Waals surface area contributed by atoms with Crippen molar-refractivity contribution in [1.29, 1.82) is 0 Å². The lowest BCUT2D eigenvalue weighted by Crippen LogP contribution is -2.39. The van der Waals surface area contributed by atoms with Crippen LogP contribution < -0.4 is 10.2 Å². The maximum Gasteiger partial charge on any atom is 0.282 e. The molecule has 2 heterocycles. The van der Waals surface area contributed by atoms with Gasteiger partial charge in [-0.1, -0.05) is 12.1 Å². The first-order valence-corrected chi connectivity index (χ1v) is 8.17. The highest BCUT2D eigenvalue weighted by Gasteiger charge is 2.23. The molecule has 0 unspecified atom stereocenters. The van der Waals surface area contributed by atoms with Crippen LogP contribution in [-0.4, -0.2) is 40.4 Å². The highest BCUT2D eigenvalue weighted by atomic mass is 16.6. The molecule has 0 spiro atoms. The number of amides is 1. The second kappa shape index (κ2) is 7.69. The molecule has 1 N–H and O–H groups in total. The van der Waals surface area contributed by atoms with Gasteiger partial charge in [-0.25, -0.2) is 4.98 Å². The minimum Gasteiger partial charge on any atom is -0.355 e. The number of nitrogens with one attached hydrogen (secondary N) is 1. The van der Waals surface area contributed by atoms with E-state index in [0.29, 0.717) is 12.5 Å². The summed E-state index contributed by atoms with van der Waals surface area (Å²) in [6.45, 7) is 2.22. The summed E-state index contributed by atoms with van der Waals surface area (Å²) < 4.78 is 0. The van der Waals surface area contributed by atoms with Crippen molar-refractivity contribution >= 4 is 17.4 Å². The van der Waals surface area contributed by atoms with Crippen LogP contribution in [0.5, 0.6) is 0 Å². The largest absolute Gasteiger partial charge is 0.355 e. The van der Waals surface area contributed by atoms with Gasteiger partial charge in [-0.05, 0) is 24.8 Å². The number of benzene rings is 1. The van der Waals surface area contributed by atoms with Gasteiger partial charge < -0.3 is 10.2 Å². The Kier molecular flexibility index (Phi) is 5.17. The van der Waals surface area contributed by atoms with Gasteiger partial charge in [0, 0.05) is 38.1 Å². The van der Waals surface area contributed by atoms with Crippen LogP contribution in [0.25, 0.3) is 0 Å². The van der Waals surface area contributed by atoms with E-state index in [0.717, 1.165) is 31.7 Å². The molecule has 1 aliphatic rings. The standard InChI is InChI=1S/C17H19N5O3/c23-17(14-3-1-2-4-15(14)22(24)25)20-11-13-5-9-21(10-6-13)16-12-18-7-8-19-16/h1-4,7-8,12-13H,5-6,9-11H2,(H,20,23). The summed E-state index contributed by atoms with van der Waals surface area (Å²) in [5.41, 5.74) is -0.0676. The van der Waals surface area contributed by atoms with Crippen LogP contribution in [-0.2, 0) is 0 Å². The van der Waals surface area contributed by atoms with E-state index in [1.165, 1.54) is 12.1 Å². The number of carbonyl (C=O) groups is 1. The summed E-state index contributed by atoms with van der Waals surface area (Å²) in [4.78, 5) is 33.3. The van der Waals surface area contributed by atoms with Crippen molar-refractivity contribution in [2.75, 3.05) is 24.5 Å². The molecule has 0 bridgehead atoms. The number of rotatable bonds is 5. The monoisotopic (exact) mass is 341 g/mol. The molecule has 1 fully saturated rings. The van der Waals surface area contributed by atoms with Gasteiger partial charge in [0.2, 0.25) is 0 Å². The molecule has 1 aromatic heterocycles. The molecule has 0 atom stereocenters. The predicted octanol–water partition coefficient (Wildman–Crippen LogP) is 2.03. The Bertz CT molecular complexity index is 745. The molecule has 3 rings (SSSR count). The third kappa shape index (κ3) is 4.09. The van der Waals surface area contributed by atoms with Gasteiger partial charge in [0.1, 0.15) is 11.4 Å². The lowest BCUT2D eigenvalue weighted by Gasteiger charge is -2.32. The van der Waals surface area contributed by atoms with Gasteiger partial charge in [-0.3, -0.25) is 19.9 Å². The Morgan fingerprint density at radius 1 is 1.28 bits per heavy atom. The average Bonchev–Trinajstić information content (AvgIpc) is 2.67. The second-order valence-corrected chi connectivity index (χ2v) is 5.98. The van der Waals surface area contributed by atoms with E-state index in [4.69, 9.17) is 0 Å². The molecule has 1 aliphatic heterocycles. The van der Waals surface area contributed by atoms with Crippen molar-refractivity contribution in [2.24, 2.45) is 5.92 Å². The number of aromatic nitrogens is 2. The van der Waals surface area contributed by atoms with Crippen molar-refractivity contribution in [3.63, 3.8) is 0 Å². The minimum atomic E-state index is -0.533. The molecule has 8 nitrogen and oxygen atoms in total. The molecule has 1 amide bonds. The van der Waals surface area contributed by atoms with Crippen molar-refractivity contribution in [1.82, 2.24) is 15.3 Å². The smallest absolute Gasteiger partial charge is 0.282 e. The minimum absolute atomic E-state index is 0.101. The quantitative estimate of drug-likeness (QED) is 0.659. The fourth-order valence-electron chi connectivity index (χ4n) is 2.98. The van der Waals surface area contributed by atoms with Crippen LogP contribution in [0.4, 0.5) is 11.5 Å². The SMILES string of the molecule is O=C(NCC1CCN(c2cnccn2)CC1)c1ccccc1[N+](=O)[O-]. The number of carbonyl (C=O) groups excluding carboxylic acids is 1. The maximum atomic E-state index is 12.3. The van der Waals surface area contributed by atoms with E-state index >= 15 is 0 Å². The maximum absolute atomic E-state index is 12.3. The Balaban J connectivity index is 1.52. The first-order chi connectivity index (χ1) is 12.1. The molecular weight excluding hydrogens is 322 g/mol. The number of hydrogen-bond acceptors (Lipinski definition) is 6. The molecule has 1 aromatic carbocycles. The zero-order chi connectivity index (χ0) is 17.6. The number of anilines is 1. The first kappa shape index (κ1) is 16.8. The highest BCUT2D eigenvalue weighted by Crippen LogP contribution is 2.21. The van der Waals surface area contributed by atoms with Crippen LogP contribution in [0.1, 0.15) is 23.2 Å². The van der Waals surface area contributed by atoms with Gasteiger partial charge >= 0.3 is 0 Å². The Hall–Kier alpha value is -3.03. The highest BCUT2D eigenvalue weighted by molar-refractivity contribution is 5.98. The van der Waals surface area contributed by atoms with E-state index in [-0.39, 0.29) is 11.3 Å². The van der Waals surface area contributed by atoms with Crippen LogP contribution in [0, 0.1) is 16.0 Å². The van der Waals surface area contributed by atoms with E-state index < -0.39 is 10.8 Å². The molecule has 2 aromatic rings. The van der Waals surface area contributed by atoms with Gasteiger partial charge in [-0.2, -0.15) is 0 Å². The lowest BCUT2D eigenvalue weighted by atomic mass is 9.96. The Labute approximate surface area is 145 Å². The van der Waals surface area contributed by atoms with Crippen molar-refractivity contribution in [2.45, 2.75) is 12.8 Å². The number of nitro benzene ring substituents is 1. The van der Waals surface area contributed by atoms with E-state index in [1.807, 2.05) is 0 Å². The Morgan fingerprint density at radius 3 is 2.72 bits per heavy atom. The zero-order valence-corrected chi connectivity index (χ0v) is 13.7. The van der Waals surface area contributed by atoms with Crippen molar-refractivity contribution in [3.05, 3.63) is 58.5 Å². The van der Waals surface area contributed by atoms with E-state index in [1.54, 1.807) is 30.7 Å². The van der Waals surface area contributed by atoms with Crippen molar-refractivity contribution < 1.29 is 9.72 Å². The number of nitro groups is 1. The summed E-state index contributed by atoms with van der Waals surface area (Å²) in [7, 11) is 0. The normalized spacial score (nSPS) is 15.0. The fraction of sp³-hybridized carbons (Fsp3) is 0.353. The lowest BCUT2D eigenvalue weighted by molar-refractivity contribution is -0.385. The number of piperidine rings is 1. The molecular formula is C17H19N5O3. The van der Waals surface area contributed by atoms with Crippen molar-refractivity contribution in [3.8, 4) is 0 Å². The topological polar surface area (TPSA) is 101 Å². The molecule has 8 heteroatoms. The van der Waals surface area contributed by atoms with Crippen LogP contribution in [0.3, 0.4) is 0 Å². The third-order valence-electron chi connectivity index (χ3n) is 4.38. The van der Waals surface area contributed by atoms with Gasteiger partial charge in [0.05, 0.1) is 11.1 Å². The number of para-hydroxylation sites is 1. The summed E-state index contributed by atoms with van der Waals surface area (Å²) >= 11 is 0. The fourth-order valence-corrected chi connectivity index (χ4v) is 2.98. The summed E-state index contributed by atoms with van der Waals surface area (Å²) in [6, 6.07) is 6.00. The molecule has 1 saturated heterocycles. The molecule has 0 saturated carbocycles. The number of hydrogen-bond donors (Lipinski definition) is 1. The molecule has 0 radical (unpaired) electrons. The first-order valence-electron chi connectivity index (χ1n) is 8.17. The molecule has 25 heavy (non-hydrogen) atoms. The second-order valence-electron chi connectivity index (χ2n) is 5.98. The Morgan fingerprint density at radius 2 is 2.04 bits per heavy atom. The van der Waals surface area contributed by atoms with Gasteiger partial charge in [-0.15, -0.1) is 0 Å². The van der Waals surface area contributed by atoms with E-state index in [9.17, 15) is 14.9 Å². The van der Waals surface area contributed by atoms with Crippen LogP contribution in [0.15, 0.2) is 42.9 Å². The average molecular weight is 341 g/mol. The summed E-state index contributed by atoms with van der Waals surface area (Å²) in [5, 5.41) is 13.8. The summed E-state index contributed by atoms with van der Waals surface area (Å²) in [6.07, 6.45) is 6.92. The zero-order valence-electron chi connectivity index (χ0n) is 13.7. The van der Waals surface area contributed by atoms with Crippen LogP contribution >= 0.6 is 0 Å².